The average Bonchev–Trinajstić information content (AvgIpc) is 3.15. The van der Waals surface area contributed by atoms with Gasteiger partial charge in [0.1, 0.15) is 0 Å². The Bertz CT molecular complexity index is 718. The van der Waals surface area contributed by atoms with E-state index in [0.29, 0.717) is 0 Å². The number of hydrogen-bond donors (Lipinski definition) is 0. The van der Waals surface area contributed by atoms with E-state index in [2.05, 4.69) is 48.5 Å². The van der Waals surface area contributed by atoms with Gasteiger partial charge in [-0.25, -0.2) is 0 Å². The fourth-order valence-electron chi connectivity index (χ4n) is 3.94. The molecule has 2 aromatic heterocycles. The van der Waals surface area contributed by atoms with Crippen LogP contribution in [0, 0.1) is 0 Å². The van der Waals surface area contributed by atoms with Crippen LogP contribution in [-0.2, 0) is 33.0 Å². The summed E-state index contributed by atoms with van der Waals surface area (Å²) in [5, 5.41) is 4.77. The molecule has 1 saturated heterocycles. The maximum Gasteiger partial charge on any atom is 0.0799 e. The largest absolute Gasteiger partial charge is 0.296 e. The number of hydrogen-bond acceptors (Lipinski definition) is 4. The van der Waals surface area contributed by atoms with Crippen molar-refractivity contribution in [3.8, 4) is 0 Å². The molecule has 128 valence electrons. The van der Waals surface area contributed by atoms with Gasteiger partial charge in [0.15, 0.2) is 0 Å². The Morgan fingerprint density at radius 3 is 2.54 bits per heavy atom. The Kier molecular flexibility index (Phi) is 4.70. The summed E-state index contributed by atoms with van der Waals surface area (Å²) in [6.07, 6.45) is 7.52. The summed E-state index contributed by atoms with van der Waals surface area (Å²) >= 11 is 3.50. The van der Waals surface area contributed by atoms with Crippen LogP contribution in [0.4, 0.5) is 0 Å². The molecule has 0 atom stereocenters. The van der Waals surface area contributed by atoms with Gasteiger partial charge in [-0.2, -0.15) is 5.10 Å². The first-order chi connectivity index (χ1) is 11.7. The molecule has 0 saturated carbocycles. The summed E-state index contributed by atoms with van der Waals surface area (Å²) in [5.41, 5.74) is 5.58. The normalized spacial score (nSPS) is 18.9. The molecule has 0 bridgehead atoms. The summed E-state index contributed by atoms with van der Waals surface area (Å²) in [5.74, 6) is 0. The molecule has 2 aliphatic rings. The van der Waals surface area contributed by atoms with Crippen LogP contribution in [0.5, 0.6) is 0 Å². The second-order valence-electron chi connectivity index (χ2n) is 6.91. The zero-order valence-corrected chi connectivity index (χ0v) is 15.8. The van der Waals surface area contributed by atoms with Crippen molar-refractivity contribution in [1.82, 2.24) is 24.6 Å². The maximum atomic E-state index is 4.77. The van der Waals surface area contributed by atoms with Gasteiger partial charge in [-0.3, -0.25) is 19.5 Å². The Morgan fingerprint density at radius 1 is 1.04 bits per heavy atom. The summed E-state index contributed by atoms with van der Waals surface area (Å²) in [6, 6.07) is 2.16. The lowest BCUT2D eigenvalue weighted by atomic mass is 10.1. The number of aryl methyl sites for hydroxylation is 1. The summed E-state index contributed by atoms with van der Waals surface area (Å²) in [7, 11) is 2.09. The number of nitrogens with zero attached hydrogens (tertiary/aromatic N) is 5. The van der Waals surface area contributed by atoms with E-state index >= 15 is 0 Å². The highest BCUT2D eigenvalue weighted by Gasteiger charge is 2.24. The Morgan fingerprint density at radius 2 is 1.79 bits per heavy atom. The fraction of sp³-hybridized carbons (Fsp3) is 0.556. The van der Waals surface area contributed by atoms with E-state index in [0.717, 1.165) is 43.7 Å². The molecule has 0 spiro atoms. The van der Waals surface area contributed by atoms with Crippen LogP contribution in [0.3, 0.4) is 0 Å². The van der Waals surface area contributed by atoms with Crippen molar-refractivity contribution in [2.24, 2.45) is 7.05 Å². The number of fused-ring (bicyclic) bond motifs is 1. The van der Waals surface area contributed by atoms with Gasteiger partial charge in [0, 0.05) is 68.9 Å². The van der Waals surface area contributed by atoms with Gasteiger partial charge in [0.2, 0.25) is 0 Å². The van der Waals surface area contributed by atoms with Crippen LogP contribution in [0.25, 0.3) is 0 Å². The quantitative estimate of drug-likeness (QED) is 0.804. The second kappa shape index (κ2) is 6.94. The molecule has 4 rings (SSSR count). The highest BCUT2D eigenvalue weighted by atomic mass is 79.9. The minimum absolute atomic E-state index is 0.985. The van der Waals surface area contributed by atoms with E-state index in [4.69, 9.17) is 5.10 Å². The van der Waals surface area contributed by atoms with Gasteiger partial charge in [-0.05, 0) is 52.4 Å². The SMILES string of the molecule is Cn1nc(CN2CCN(Cc3cncc(Br)c3)CC2)c2c1CCC2. The third-order valence-electron chi connectivity index (χ3n) is 5.20. The predicted octanol–water partition coefficient (Wildman–Crippen LogP) is 2.38. The zero-order valence-electron chi connectivity index (χ0n) is 14.2. The van der Waals surface area contributed by atoms with E-state index in [1.807, 2.05) is 12.4 Å². The van der Waals surface area contributed by atoms with Crippen molar-refractivity contribution in [3.05, 3.63) is 45.4 Å². The van der Waals surface area contributed by atoms with Crippen LogP contribution in [-0.4, -0.2) is 50.7 Å². The topological polar surface area (TPSA) is 37.2 Å². The van der Waals surface area contributed by atoms with E-state index in [9.17, 15) is 0 Å². The Labute approximate surface area is 151 Å². The highest BCUT2D eigenvalue weighted by molar-refractivity contribution is 9.10. The fourth-order valence-corrected chi connectivity index (χ4v) is 4.35. The maximum absolute atomic E-state index is 4.77. The van der Waals surface area contributed by atoms with Gasteiger partial charge in [0.05, 0.1) is 5.69 Å². The van der Waals surface area contributed by atoms with E-state index in [1.54, 1.807) is 0 Å². The minimum atomic E-state index is 0.985. The second-order valence-corrected chi connectivity index (χ2v) is 7.83. The molecular formula is C18H24BrN5. The first-order valence-corrected chi connectivity index (χ1v) is 9.56. The van der Waals surface area contributed by atoms with Crippen molar-refractivity contribution in [3.63, 3.8) is 0 Å². The molecule has 3 heterocycles. The Hall–Kier alpha value is -1.24. The van der Waals surface area contributed by atoms with E-state index in [-0.39, 0.29) is 0 Å². The number of pyridine rings is 1. The monoisotopic (exact) mass is 389 g/mol. The van der Waals surface area contributed by atoms with Gasteiger partial charge in [-0.15, -0.1) is 0 Å². The Balaban J connectivity index is 1.33. The van der Waals surface area contributed by atoms with Crippen LogP contribution < -0.4 is 0 Å². The minimum Gasteiger partial charge on any atom is -0.296 e. The highest BCUT2D eigenvalue weighted by Crippen LogP contribution is 2.25. The molecule has 5 nitrogen and oxygen atoms in total. The molecule has 1 aliphatic heterocycles. The molecule has 6 heteroatoms. The number of piperazine rings is 1. The number of aromatic nitrogens is 3. The van der Waals surface area contributed by atoms with Crippen molar-refractivity contribution in [2.75, 3.05) is 26.2 Å². The molecule has 1 fully saturated rings. The molecule has 0 unspecified atom stereocenters. The van der Waals surface area contributed by atoms with Gasteiger partial charge in [0.25, 0.3) is 0 Å². The number of rotatable bonds is 4. The summed E-state index contributed by atoms with van der Waals surface area (Å²) in [4.78, 5) is 9.33. The third-order valence-corrected chi connectivity index (χ3v) is 5.64. The van der Waals surface area contributed by atoms with Crippen LogP contribution >= 0.6 is 15.9 Å². The molecule has 1 aliphatic carbocycles. The van der Waals surface area contributed by atoms with Crippen LogP contribution in [0.15, 0.2) is 22.9 Å². The van der Waals surface area contributed by atoms with E-state index < -0.39 is 0 Å². The molecular weight excluding hydrogens is 366 g/mol. The van der Waals surface area contributed by atoms with Gasteiger partial charge >= 0.3 is 0 Å². The molecule has 24 heavy (non-hydrogen) atoms. The zero-order chi connectivity index (χ0) is 16.5. The van der Waals surface area contributed by atoms with Crippen LogP contribution in [0.2, 0.25) is 0 Å². The standard InChI is InChI=1S/C18H24BrN5/c1-22-18-4-2-3-16(18)17(21-22)13-24-7-5-23(6-8-24)12-14-9-15(19)11-20-10-14/h9-11H,2-8,12-13H2,1H3. The first kappa shape index (κ1) is 16.2. The van der Waals surface area contributed by atoms with Crippen molar-refractivity contribution in [1.29, 1.82) is 0 Å². The van der Waals surface area contributed by atoms with Crippen molar-refractivity contribution < 1.29 is 0 Å². The predicted molar refractivity (Wildman–Crippen MR) is 97.7 cm³/mol. The van der Waals surface area contributed by atoms with E-state index in [1.165, 1.54) is 41.8 Å². The van der Waals surface area contributed by atoms with Gasteiger partial charge < -0.3 is 0 Å². The van der Waals surface area contributed by atoms with Gasteiger partial charge in [-0.1, -0.05) is 0 Å². The molecule has 0 N–H and O–H groups in total. The summed E-state index contributed by atoms with van der Waals surface area (Å²) < 4.78 is 3.16. The third kappa shape index (κ3) is 3.41. The van der Waals surface area contributed by atoms with Crippen molar-refractivity contribution in [2.45, 2.75) is 32.4 Å². The van der Waals surface area contributed by atoms with Crippen LogP contribution in [0.1, 0.15) is 28.9 Å². The molecule has 0 aromatic carbocycles. The molecule has 2 aromatic rings. The number of halogens is 1. The summed E-state index contributed by atoms with van der Waals surface area (Å²) in [6.45, 7) is 6.46. The smallest absolute Gasteiger partial charge is 0.0799 e. The average molecular weight is 390 g/mol. The lowest BCUT2D eigenvalue weighted by Crippen LogP contribution is -2.45. The van der Waals surface area contributed by atoms with Crippen molar-refractivity contribution >= 4 is 15.9 Å². The molecule has 0 amide bonds. The first-order valence-electron chi connectivity index (χ1n) is 8.77. The lowest BCUT2D eigenvalue weighted by Gasteiger charge is -2.34. The molecule has 0 radical (unpaired) electrons. The lowest BCUT2D eigenvalue weighted by molar-refractivity contribution is 0.120.